The van der Waals surface area contributed by atoms with Crippen LogP contribution in [0.15, 0.2) is 6.20 Å². The van der Waals surface area contributed by atoms with Gasteiger partial charge in [0.25, 0.3) is 0 Å². The molecule has 1 aromatic heterocycles. The number of fused-ring (bicyclic) bond motifs is 1. The van der Waals surface area contributed by atoms with Gasteiger partial charge in [0.05, 0.1) is 6.20 Å². The van der Waals surface area contributed by atoms with Crippen LogP contribution in [0, 0.1) is 0 Å². The molecule has 2 rings (SSSR count). The van der Waals surface area contributed by atoms with Crippen molar-refractivity contribution in [2.24, 2.45) is 7.05 Å². The van der Waals surface area contributed by atoms with E-state index in [1.54, 1.807) is 0 Å². The van der Waals surface area contributed by atoms with Crippen LogP contribution < -0.4 is 5.32 Å². The number of aryl methyl sites for hydroxylation is 1. The van der Waals surface area contributed by atoms with Crippen molar-refractivity contribution >= 4 is 0 Å². The second-order valence-electron chi connectivity index (χ2n) is 4.80. The van der Waals surface area contributed by atoms with E-state index >= 15 is 0 Å². The zero-order valence-corrected chi connectivity index (χ0v) is 10.7. The van der Waals surface area contributed by atoms with Gasteiger partial charge in [-0.2, -0.15) is 5.10 Å². The summed E-state index contributed by atoms with van der Waals surface area (Å²) in [5.41, 5.74) is 2.86. The summed E-state index contributed by atoms with van der Waals surface area (Å²) < 4.78 is 2.04. The molecular weight excluding hydrogens is 198 g/mol. The first-order chi connectivity index (χ1) is 7.76. The van der Waals surface area contributed by atoms with E-state index in [4.69, 9.17) is 0 Å². The van der Waals surface area contributed by atoms with Crippen LogP contribution >= 0.6 is 0 Å². The van der Waals surface area contributed by atoms with Gasteiger partial charge in [0, 0.05) is 30.4 Å². The van der Waals surface area contributed by atoms with Crippen LogP contribution in [0.5, 0.6) is 0 Å². The average molecular weight is 221 g/mol. The zero-order valence-electron chi connectivity index (χ0n) is 10.7. The van der Waals surface area contributed by atoms with E-state index in [1.807, 2.05) is 4.68 Å². The minimum Gasteiger partial charge on any atom is -0.307 e. The minimum absolute atomic E-state index is 0.530. The molecule has 90 valence electrons. The Labute approximate surface area is 98.2 Å². The van der Waals surface area contributed by atoms with Gasteiger partial charge in [-0.15, -0.1) is 0 Å². The summed E-state index contributed by atoms with van der Waals surface area (Å²) in [6.45, 7) is 4.52. The number of rotatable bonds is 4. The molecule has 1 aromatic rings. The van der Waals surface area contributed by atoms with Crippen molar-refractivity contribution in [2.45, 2.75) is 58.0 Å². The summed E-state index contributed by atoms with van der Waals surface area (Å²) in [6.07, 6.45) is 8.20. The van der Waals surface area contributed by atoms with Gasteiger partial charge in [0.1, 0.15) is 0 Å². The van der Waals surface area contributed by atoms with Crippen LogP contribution in [0.25, 0.3) is 0 Å². The topological polar surface area (TPSA) is 29.9 Å². The highest BCUT2D eigenvalue weighted by Crippen LogP contribution is 2.29. The molecular formula is C13H23N3. The van der Waals surface area contributed by atoms with Gasteiger partial charge in [0.15, 0.2) is 0 Å². The van der Waals surface area contributed by atoms with Gasteiger partial charge < -0.3 is 5.32 Å². The number of hydrogen-bond donors (Lipinski definition) is 1. The second kappa shape index (κ2) is 5.00. The largest absolute Gasteiger partial charge is 0.307 e. The van der Waals surface area contributed by atoms with Crippen molar-refractivity contribution in [1.29, 1.82) is 0 Å². The van der Waals surface area contributed by atoms with E-state index < -0.39 is 0 Å². The third-order valence-electron chi connectivity index (χ3n) is 3.80. The van der Waals surface area contributed by atoms with Crippen LogP contribution in [0.3, 0.4) is 0 Å². The standard InChI is InChI=1S/C13H23N3/c1-4-10(5-2)15-12-7-6-8-13-11(12)9-14-16(13)3/h9-10,12,15H,4-8H2,1-3H3. The molecule has 3 nitrogen and oxygen atoms in total. The molecule has 0 radical (unpaired) electrons. The molecule has 0 aliphatic heterocycles. The van der Waals surface area contributed by atoms with Crippen molar-refractivity contribution in [1.82, 2.24) is 15.1 Å². The van der Waals surface area contributed by atoms with E-state index in [-0.39, 0.29) is 0 Å². The molecule has 1 N–H and O–H groups in total. The smallest absolute Gasteiger partial charge is 0.0540 e. The van der Waals surface area contributed by atoms with Gasteiger partial charge >= 0.3 is 0 Å². The highest BCUT2D eigenvalue weighted by atomic mass is 15.3. The fraction of sp³-hybridized carbons (Fsp3) is 0.769. The fourth-order valence-electron chi connectivity index (χ4n) is 2.69. The summed E-state index contributed by atoms with van der Waals surface area (Å²) in [6, 6.07) is 1.18. The summed E-state index contributed by atoms with van der Waals surface area (Å²) in [4.78, 5) is 0. The molecule has 0 fully saturated rings. The molecule has 0 saturated carbocycles. The van der Waals surface area contributed by atoms with E-state index in [9.17, 15) is 0 Å². The predicted octanol–water partition coefficient (Wildman–Crippen LogP) is 2.58. The molecule has 0 amide bonds. The molecule has 1 aliphatic rings. The third-order valence-corrected chi connectivity index (χ3v) is 3.80. The number of aromatic nitrogens is 2. The average Bonchev–Trinajstić information content (AvgIpc) is 2.69. The Kier molecular flexibility index (Phi) is 3.64. The molecule has 1 heterocycles. The molecule has 16 heavy (non-hydrogen) atoms. The first-order valence-electron chi connectivity index (χ1n) is 6.53. The van der Waals surface area contributed by atoms with Crippen molar-refractivity contribution in [3.05, 3.63) is 17.5 Å². The van der Waals surface area contributed by atoms with Crippen molar-refractivity contribution in [3.8, 4) is 0 Å². The molecule has 1 unspecified atom stereocenters. The lowest BCUT2D eigenvalue weighted by Crippen LogP contribution is -2.33. The summed E-state index contributed by atoms with van der Waals surface area (Å²) in [5.74, 6) is 0. The maximum Gasteiger partial charge on any atom is 0.0540 e. The van der Waals surface area contributed by atoms with E-state index in [0.29, 0.717) is 12.1 Å². The SMILES string of the molecule is CCC(CC)NC1CCCc2c1cnn2C. The lowest BCUT2D eigenvalue weighted by Gasteiger charge is -2.28. The highest BCUT2D eigenvalue weighted by molar-refractivity contribution is 5.24. The molecule has 1 atom stereocenters. The van der Waals surface area contributed by atoms with Crippen LogP contribution in [0.4, 0.5) is 0 Å². The number of hydrogen-bond acceptors (Lipinski definition) is 2. The van der Waals surface area contributed by atoms with Gasteiger partial charge in [-0.1, -0.05) is 13.8 Å². The van der Waals surface area contributed by atoms with E-state index in [2.05, 4.69) is 37.5 Å². The summed E-state index contributed by atoms with van der Waals surface area (Å²) in [7, 11) is 2.05. The number of nitrogens with zero attached hydrogens (tertiary/aromatic N) is 2. The zero-order chi connectivity index (χ0) is 11.5. The van der Waals surface area contributed by atoms with Crippen LogP contribution in [0.2, 0.25) is 0 Å². The third kappa shape index (κ3) is 2.14. The molecule has 3 heteroatoms. The monoisotopic (exact) mass is 221 g/mol. The predicted molar refractivity (Wildman–Crippen MR) is 66.4 cm³/mol. The Balaban J connectivity index is 2.12. The Morgan fingerprint density at radius 3 is 2.94 bits per heavy atom. The van der Waals surface area contributed by atoms with Gasteiger partial charge in [-0.05, 0) is 32.1 Å². The molecule has 0 spiro atoms. The summed E-state index contributed by atoms with van der Waals surface area (Å²) in [5, 5.41) is 8.16. The molecule has 0 aromatic carbocycles. The first kappa shape index (κ1) is 11.6. The molecule has 0 saturated heterocycles. The molecule has 0 bridgehead atoms. The Bertz CT molecular complexity index is 339. The summed E-state index contributed by atoms with van der Waals surface area (Å²) >= 11 is 0. The minimum atomic E-state index is 0.530. The van der Waals surface area contributed by atoms with Crippen molar-refractivity contribution < 1.29 is 0 Å². The Morgan fingerprint density at radius 2 is 2.25 bits per heavy atom. The van der Waals surface area contributed by atoms with Crippen molar-refractivity contribution in [2.75, 3.05) is 0 Å². The Morgan fingerprint density at radius 1 is 1.50 bits per heavy atom. The quantitative estimate of drug-likeness (QED) is 0.847. The fourth-order valence-corrected chi connectivity index (χ4v) is 2.69. The maximum atomic E-state index is 4.38. The normalized spacial score (nSPS) is 20.1. The van der Waals surface area contributed by atoms with Crippen molar-refractivity contribution in [3.63, 3.8) is 0 Å². The van der Waals surface area contributed by atoms with E-state index in [1.165, 1.54) is 43.4 Å². The van der Waals surface area contributed by atoms with Gasteiger partial charge in [-0.25, -0.2) is 0 Å². The number of nitrogens with one attached hydrogen (secondary N) is 1. The first-order valence-corrected chi connectivity index (χ1v) is 6.53. The Hall–Kier alpha value is -0.830. The van der Waals surface area contributed by atoms with Crippen LogP contribution in [0.1, 0.15) is 56.8 Å². The second-order valence-corrected chi connectivity index (χ2v) is 4.80. The lowest BCUT2D eigenvalue weighted by atomic mass is 9.92. The lowest BCUT2D eigenvalue weighted by molar-refractivity contribution is 0.377. The van der Waals surface area contributed by atoms with Crippen LogP contribution in [-0.4, -0.2) is 15.8 Å². The van der Waals surface area contributed by atoms with E-state index in [0.717, 1.165) is 0 Å². The van der Waals surface area contributed by atoms with Gasteiger partial charge in [-0.3, -0.25) is 4.68 Å². The highest BCUT2D eigenvalue weighted by Gasteiger charge is 2.24. The van der Waals surface area contributed by atoms with Crippen LogP contribution in [-0.2, 0) is 13.5 Å². The molecule has 1 aliphatic carbocycles. The van der Waals surface area contributed by atoms with Gasteiger partial charge in [0.2, 0.25) is 0 Å². The maximum absolute atomic E-state index is 4.38.